The third-order valence-corrected chi connectivity index (χ3v) is 3.53. The smallest absolute Gasteiger partial charge is 0.0866 e. The van der Waals surface area contributed by atoms with E-state index in [0.29, 0.717) is 22.5 Å². The fourth-order valence-electron chi connectivity index (χ4n) is 1.93. The monoisotopic (exact) mass is 245 g/mol. The third-order valence-electron chi connectivity index (χ3n) is 2.79. The topological polar surface area (TPSA) is 35.2 Å². The molecule has 2 nitrogen and oxygen atoms in total. The Morgan fingerprint density at radius 3 is 2.80 bits per heavy atom. The van der Waals surface area contributed by atoms with Gasteiger partial charge in [0, 0.05) is 12.5 Å². The first-order valence-electron chi connectivity index (χ1n) is 4.99. The Morgan fingerprint density at radius 2 is 2.13 bits per heavy atom. The van der Waals surface area contributed by atoms with E-state index in [-0.39, 0.29) is 6.10 Å². The second-order valence-corrected chi connectivity index (χ2v) is 4.56. The molecule has 2 N–H and O–H groups in total. The van der Waals surface area contributed by atoms with E-state index in [1.165, 1.54) is 0 Å². The number of halogens is 2. The molecule has 0 aromatic heterocycles. The van der Waals surface area contributed by atoms with E-state index >= 15 is 0 Å². The SMILES string of the molecule is NCC1CCOC1c1ccc(Cl)c(Cl)c1. The molecule has 1 saturated heterocycles. The summed E-state index contributed by atoms with van der Waals surface area (Å²) in [7, 11) is 0. The van der Waals surface area contributed by atoms with E-state index in [1.807, 2.05) is 12.1 Å². The quantitative estimate of drug-likeness (QED) is 0.870. The van der Waals surface area contributed by atoms with Gasteiger partial charge in [0.25, 0.3) is 0 Å². The summed E-state index contributed by atoms with van der Waals surface area (Å²) in [6.45, 7) is 1.41. The van der Waals surface area contributed by atoms with Crippen molar-refractivity contribution in [3.63, 3.8) is 0 Å². The van der Waals surface area contributed by atoms with Crippen molar-refractivity contribution in [2.24, 2.45) is 11.7 Å². The second kappa shape index (κ2) is 4.71. The summed E-state index contributed by atoms with van der Waals surface area (Å²) in [5.41, 5.74) is 6.76. The summed E-state index contributed by atoms with van der Waals surface area (Å²) in [4.78, 5) is 0. The van der Waals surface area contributed by atoms with Gasteiger partial charge < -0.3 is 10.5 Å². The van der Waals surface area contributed by atoms with Crippen LogP contribution in [0.15, 0.2) is 18.2 Å². The normalized spacial score (nSPS) is 25.8. The Hall–Kier alpha value is -0.280. The van der Waals surface area contributed by atoms with Crippen molar-refractivity contribution in [2.75, 3.05) is 13.2 Å². The molecule has 0 aliphatic carbocycles. The Labute approximate surface area is 99.3 Å². The molecule has 0 saturated carbocycles. The van der Waals surface area contributed by atoms with E-state index in [9.17, 15) is 0 Å². The standard InChI is InChI=1S/C11H13Cl2NO/c12-9-2-1-7(5-10(9)13)11-8(6-14)3-4-15-11/h1-2,5,8,11H,3-4,6,14H2. The van der Waals surface area contributed by atoms with Crippen LogP contribution in [-0.4, -0.2) is 13.2 Å². The number of ether oxygens (including phenoxy) is 1. The van der Waals surface area contributed by atoms with Crippen molar-refractivity contribution < 1.29 is 4.74 Å². The zero-order valence-electron chi connectivity index (χ0n) is 8.25. The van der Waals surface area contributed by atoms with Crippen molar-refractivity contribution in [1.82, 2.24) is 0 Å². The molecule has 2 atom stereocenters. The fourth-order valence-corrected chi connectivity index (χ4v) is 2.24. The fraction of sp³-hybridized carbons (Fsp3) is 0.455. The predicted molar refractivity (Wildman–Crippen MR) is 62.3 cm³/mol. The second-order valence-electron chi connectivity index (χ2n) is 3.75. The van der Waals surface area contributed by atoms with Crippen LogP contribution in [0.4, 0.5) is 0 Å². The van der Waals surface area contributed by atoms with Crippen molar-refractivity contribution in [3.8, 4) is 0 Å². The molecule has 0 amide bonds. The van der Waals surface area contributed by atoms with Gasteiger partial charge in [-0.15, -0.1) is 0 Å². The van der Waals surface area contributed by atoms with Crippen LogP contribution in [0.3, 0.4) is 0 Å². The van der Waals surface area contributed by atoms with Gasteiger partial charge in [-0.05, 0) is 30.7 Å². The first-order valence-corrected chi connectivity index (χ1v) is 5.74. The van der Waals surface area contributed by atoms with Crippen LogP contribution in [0.1, 0.15) is 18.1 Å². The lowest BCUT2D eigenvalue weighted by Crippen LogP contribution is -2.17. The highest BCUT2D eigenvalue weighted by Gasteiger charge is 2.28. The lowest BCUT2D eigenvalue weighted by Gasteiger charge is -2.17. The lowest BCUT2D eigenvalue weighted by atomic mass is 9.96. The molecular formula is C11H13Cl2NO. The summed E-state index contributed by atoms with van der Waals surface area (Å²) in [6, 6.07) is 5.61. The van der Waals surface area contributed by atoms with Crippen LogP contribution in [-0.2, 0) is 4.74 Å². The minimum absolute atomic E-state index is 0.0739. The van der Waals surface area contributed by atoms with Gasteiger partial charge in [0.2, 0.25) is 0 Å². The molecule has 1 aromatic rings. The summed E-state index contributed by atoms with van der Waals surface area (Å²) in [5.74, 6) is 0.391. The summed E-state index contributed by atoms with van der Waals surface area (Å²) in [6.07, 6.45) is 1.09. The minimum Gasteiger partial charge on any atom is -0.373 e. The van der Waals surface area contributed by atoms with E-state index < -0.39 is 0 Å². The average Bonchev–Trinajstić information content (AvgIpc) is 2.70. The molecular weight excluding hydrogens is 233 g/mol. The lowest BCUT2D eigenvalue weighted by molar-refractivity contribution is 0.0925. The first kappa shape index (κ1) is 11.2. The molecule has 2 unspecified atom stereocenters. The zero-order valence-corrected chi connectivity index (χ0v) is 9.76. The number of hydrogen-bond donors (Lipinski definition) is 1. The van der Waals surface area contributed by atoms with E-state index in [4.69, 9.17) is 33.7 Å². The molecule has 0 radical (unpaired) electrons. The Bertz CT molecular complexity index is 356. The van der Waals surface area contributed by atoms with Crippen molar-refractivity contribution in [1.29, 1.82) is 0 Å². The highest BCUT2D eigenvalue weighted by molar-refractivity contribution is 6.42. The molecule has 1 aliphatic rings. The van der Waals surface area contributed by atoms with Crippen LogP contribution in [0.2, 0.25) is 10.0 Å². The molecule has 1 aromatic carbocycles. The van der Waals surface area contributed by atoms with Crippen LogP contribution in [0, 0.1) is 5.92 Å². The van der Waals surface area contributed by atoms with Crippen LogP contribution in [0.5, 0.6) is 0 Å². The van der Waals surface area contributed by atoms with E-state index in [0.717, 1.165) is 18.6 Å². The van der Waals surface area contributed by atoms with E-state index in [2.05, 4.69) is 0 Å². The first-order chi connectivity index (χ1) is 7.22. The van der Waals surface area contributed by atoms with Crippen molar-refractivity contribution in [2.45, 2.75) is 12.5 Å². The van der Waals surface area contributed by atoms with Crippen LogP contribution >= 0.6 is 23.2 Å². The summed E-state index contributed by atoms with van der Waals surface area (Å²) in [5, 5.41) is 1.14. The largest absolute Gasteiger partial charge is 0.373 e. The summed E-state index contributed by atoms with van der Waals surface area (Å²) < 4.78 is 5.66. The highest BCUT2D eigenvalue weighted by atomic mass is 35.5. The maximum atomic E-state index is 5.96. The highest BCUT2D eigenvalue weighted by Crippen LogP contribution is 2.36. The summed E-state index contributed by atoms with van der Waals surface area (Å²) >= 11 is 11.8. The maximum Gasteiger partial charge on any atom is 0.0866 e. The molecule has 1 aliphatic heterocycles. The third kappa shape index (κ3) is 2.28. The Balaban J connectivity index is 2.25. The predicted octanol–water partition coefficient (Wildman–Crippen LogP) is 3.03. The minimum atomic E-state index is 0.0739. The molecule has 1 fully saturated rings. The molecule has 82 valence electrons. The van der Waals surface area contributed by atoms with Gasteiger partial charge in [0.15, 0.2) is 0 Å². The Morgan fingerprint density at radius 1 is 1.33 bits per heavy atom. The molecule has 1 heterocycles. The molecule has 2 rings (SSSR count). The number of rotatable bonds is 2. The number of benzene rings is 1. The average molecular weight is 246 g/mol. The number of nitrogens with two attached hydrogens (primary N) is 1. The maximum absolute atomic E-state index is 5.96. The van der Waals surface area contributed by atoms with Crippen LogP contribution < -0.4 is 5.73 Å². The van der Waals surface area contributed by atoms with Crippen LogP contribution in [0.25, 0.3) is 0 Å². The van der Waals surface area contributed by atoms with Crippen molar-refractivity contribution >= 4 is 23.2 Å². The Kier molecular flexibility index (Phi) is 3.52. The van der Waals surface area contributed by atoms with Gasteiger partial charge in [-0.25, -0.2) is 0 Å². The molecule has 15 heavy (non-hydrogen) atoms. The van der Waals surface area contributed by atoms with Gasteiger partial charge in [-0.3, -0.25) is 0 Å². The van der Waals surface area contributed by atoms with Gasteiger partial charge in [0.1, 0.15) is 0 Å². The zero-order chi connectivity index (χ0) is 10.8. The van der Waals surface area contributed by atoms with Gasteiger partial charge in [-0.2, -0.15) is 0 Å². The van der Waals surface area contributed by atoms with Gasteiger partial charge >= 0.3 is 0 Å². The molecule has 0 spiro atoms. The van der Waals surface area contributed by atoms with Crippen molar-refractivity contribution in [3.05, 3.63) is 33.8 Å². The van der Waals surface area contributed by atoms with Gasteiger partial charge in [-0.1, -0.05) is 29.3 Å². The molecule has 0 bridgehead atoms. The van der Waals surface area contributed by atoms with E-state index in [1.54, 1.807) is 6.07 Å². The van der Waals surface area contributed by atoms with Gasteiger partial charge in [0.05, 0.1) is 16.1 Å². The number of hydrogen-bond acceptors (Lipinski definition) is 2. The molecule has 4 heteroatoms.